The maximum atomic E-state index is 11.9. The summed E-state index contributed by atoms with van der Waals surface area (Å²) in [5.74, 6) is -0.194. The second kappa shape index (κ2) is 7.77. The highest BCUT2D eigenvalue weighted by molar-refractivity contribution is 5.94. The summed E-state index contributed by atoms with van der Waals surface area (Å²) in [5.41, 5.74) is 0.129. The van der Waals surface area contributed by atoms with E-state index in [1.165, 1.54) is 19.2 Å². The van der Waals surface area contributed by atoms with Gasteiger partial charge in [-0.3, -0.25) is 14.9 Å². The first kappa shape index (κ1) is 17.2. The maximum Gasteiger partial charge on any atom is 0.312 e. The fourth-order valence-electron chi connectivity index (χ4n) is 1.87. The Morgan fingerprint density at radius 3 is 2.90 bits per heavy atom. The number of carbonyl (C=O) groups is 1. The third-order valence-electron chi connectivity index (χ3n) is 2.86. The van der Waals surface area contributed by atoms with Crippen molar-refractivity contribution in [2.75, 3.05) is 32.1 Å². The number of nitro groups is 1. The average molecular weight is 318 g/mol. The van der Waals surface area contributed by atoms with Crippen LogP contribution in [-0.4, -0.2) is 43.7 Å². The molecule has 116 valence electrons. The van der Waals surface area contributed by atoms with Crippen molar-refractivity contribution < 1.29 is 19.2 Å². The molecule has 0 radical (unpaired) electrons. The number of benzene rings is 1. The SMILES string of the molecule is COc1ccc(NC(=O)C2CNCCO2)cc1[N+](=O)[O-].Cl. The van der Waals surface area contributed by atoms with Crippen molar-refractivity contribution in [3.05, 3.63) is 28.3 Å². The van der Waals surface area contributed by atoms with Crippen LogP contribution in [-0.2, 0) is 9.53 Å². The number of amides is 1. The lowest BCUT2D eigenvalue weighted by Crippen LogP contribution is -2.45. The zero-order valence-electron chi connectivity index (χ0n) is 11.3. The topological polar surface area (TPSA) is 103 Å². The first-order valence-corrected chi connectivity index (χ1v) is 6.07. The van der Waals surface area contributed by atoms with Gasteiger partial charge in [-0.2, -0.15) is 0 Å². The number of methoxy groups -OCH3 is 1. The molecule has 1 aliphatic rings. The molecule has 1 saturated heterocycles. The van der Waals surface area contributed by atoms with Crippen LogP contribution in [0, 0.1) is 10.1 Å². The minimum atomic E-state index is -0.593. The van der Waals surface area contributed by atoms with Crippen molar-refractivity contribution in [2.24, 2.45) is 0 Å². The van der Waals surface area contributed by atoms with Crippen LogP contribution < -0.4 is 15.4 Å². The van der Waals surface area contributed by atoms with Gasteiger partial charge in [0, 0.05) is 24.8 Å². The summed E-state index contributed by atoms with van der Waals surface area (Å²) in [5, 5.41) is 16.5. The van der Waals surface area contributed by atoms with Crippen molar-refractivity contribution in [3.8, 4) is 5.75 Å². The molecular weight excluding hydrogens is 302 g/mol. The number of nitrogens with zero attached hydrogens (tertiary/aromatic N) is 1. The van der Waals surface area contributed by atoms with Gasteiger partial charge in [0.15, 0.2) is 5.75 Å². The van der Waals surface area contributed by atoms with E-state index >= 15 is 0 Å². The van der Waals surface area contributed by atoms with Crippen LogP contribution in [0.1, 0.15) is 0 Å². The van der Waals surface area contributed by atoms with Gasteiger partial charge in [0.05, 0.1) is 18.6 Å². The molecule has 1 amide bonds. The van der Waals surface area contributed by atoms with Crippen LogP contribution in [0.3, 0.4) is 0 Å². The number of hydrogen-bond donors (Lipinski definition) is 2. The Balaban J connectivity index is 0.00000220. The molecule has 1 heterocycles. The Bertz CT molecular complexity index is 520. The lowest BCUT2D eigenvalue weighted by Gasteiger charge is -2.22. The number of halogens is 1. The normalized spacial score (nSPS) is 17.5. The third-order valence-corrected chi connectivity index (χ3v) is 2.86. The highest BCUT2D eigenvalue weighted by Crippen LogP contribution is 2.29. The van der Waals surface area contributed by atoms with Gasteiger partial charge in [0.25, 0.3) is 5.91 Å². The van der Waals surface area contributed by atoms with Crippen LogP contribution >= 0.6 is 12.4 Å². The lowest BCUT2D eigenvalue weighted by molar-refractivity contribution is -0.385. The van der Waals surface area contributed by atoms with E-state index in [-0.39, 0.29) is 29.8 Å². The fourth-order valence-corrected chi connectivity index (χ4v) is 1.87. The molecule has 2 rings (SSSR count). The summed E-state index contributed by atoms with van der Waals surface area (Å²) >= 11 is 0. The largest absolute Gasteiger partial charge is 0.490 e. The van der Waals surface area contributed by atoms with Gasteiger partial charge in [-0.15, -0.1) is 12.4 Å². The number of nitrogens with one attached hydrogen (secondary N) is 2. The molecule has 0 aliphatic carbocycles. The average Bonchev–Trinajstić information content (AvgIpc) is 2.48. The Labute approximate surface area is 127 Å². The Kier molecular flexibility index (Phi) is 6.35. The molecule has 1 aromatic carbocycles. The summed E-state index contributed by atoms with van der Waals surface area (Å²) in [6, 6.07) is 4.24. The van der Waals surface area contributed by atoms with E-state index in [0.29, 0.717) is 25.4 Å². The second-order valence-electron chi connectivity index (χ2n) is 4.20. The van der Waals surface area contributed by atoms with Crippen LogP contribution in [0.4, 0.5) is 11.4 Å². The third kappa shape index (κ3) is 4.28. The van der Waals surface area contributed by atoms with Crippen LogP contribution in [0.25, 0.3) is 0 Å². The predicted octanol–water partition coefficient (Wildman–Crippen LogP) is 0.952. The zero-order chi connectivity index (χ0) is 14.5. The van der Waals surface area contributed by atoms with Crippen molar-refractivity contribution in [3.63, 3.8) is 0 Å². The Morgan fingerprint density at radius 1 is 1.57 bits per heavy atom. The first-order valence-electron chi connectivity index (χ1n) is 6.07. The molecule has 1 aromatic rings. The van der Waals surface area contributed by atoms with Crippen molar-refractivity contribution >= 4 is 29.7 Å². The predicted molar refractivity (Wildman–Crippen MR) is 78.1 cm³/mol. The molecular formula is C12H16ClN3O5. The minimum absolute atomic E-state index is 0. The number of ether oxygens (including phenoxy) is 2. The van der Waals surface area contributed by atoms with E-state index in [1.54, 1.807) is 6.07 Å². The van der Waals surface area contributed by atoms with Crippen LogP contribution in [0.15, 0.2) is 18.2 Å². The van der Waals surface area contributed by atoms with Gasteiger partial charge in [-0.05, 0) is 12.1 Å². The summed E-state index contributed by atoms with van der Waals surface area (Å²) in [6.07, 6.45) is -0.593. The first-order chi connectivity index (χ1) is 9.61. The number of nitro benzene ring substituents is 1. The molecule has 9 heteroatoms. The molecule has 0 bridgehead atoms. The molecule has 1 unspecified atom stereocenters. The monoisotopic (exact) mass is 317 g/mol. The summed E-state index contributed by atoms with van der Waals surface area (Å²) in [4.78, 5) is 22.3. The highest BCUT2D eigenvalue weighted by atomic mass is 35.5. The van der Waals surface area contributed by atoms with Gasteiger partial charge in [0.1, 0.15) is 6.10 Å². The number of hydrogen-bond acceptors (Lipinski definition) is 6. The zero-order valence-corrected chi connectivity index (χ0v) is 12.1. The highest BCUT2D eigenvalue weighted by Gasteiger charge is 2.23. The lowest BCUT2D eigenvalue weighted by atomic mass is 10.2. The van der Waals surface area contributed by atoms with Crippen LogP contribution in [0.2, 0.25) is 0 Å². The minimum Gasteiger partial charge on any atom is -0.490 e. The van der Waals surface area contributed by atoms with Crippen molar-refractivity contribution in [2.45, 2.75) is 6.10 Å². The summed E-state index contributed by atoms with van der Waals surface area (Å²) < 4.78 is 10.2. The van der Waals surface area contributed by atoms with E-state index in [1.807, 2.05) is 0 Å². The second-order valence-corrected chi connectivity index (χ2v) is 4.20. The smallest absolute Gasteiger partial charge is 0.312 e. The molecule has 8 nitrogen and oxygen atoms in total. The molecule has 21 heavy (non-hydrogen) atoms. The summed E-state index contributed by atoms with van der Waals surface area (Å²) in [6.45, 7) is 1.59. The molecule has 1 fully saturated rings. The van der Waals surface area contributed by atoms with E-state index in [2.05, 4.69) is 10.6 Å². The van der Waals surface area contributed by atoms with E-state index in [4.69, 9.17) is 9.47 Å². The molecule has 1 atom stereocenters. The van der Waals surface area contributed by atoms with E-state index < -0.39 is 11.0 Å². The molecule has 0 saturated carbocycles. The van der Waals surface area contributed by atoms with Gasteiger partial charge >= 0.3 is 5.69 Å². The number of morpholine rings is 1. The molecule has 2 N–H and O–H groups in total. The maximum absolute atomic E-state index is 11.9. The van der Waals surface area contributed by atoms with Gasteiger partial charge in [-0.25, -0.2) is 0 Å². The Morgan fingerprint density at radius 2 is 2.33 bits per heavy atom. The molecule has 0 aromatic heterocycles. The van der Waals surface area contributed by atoms with Crippen molar-refractivity contribution in [1.82, 2.24) is 5.32 Å². The standard InChI is InChI=1S/C12H15N3O5.ClH/c1-19-10-3-2-8(6-9(10)15(17)18)14-12(16)11-7-13-4-5-20-11;/h2-3,6,11,13H,4-5,7H2,1H3,(H,14,16);1H. The fraction of sp³-hybridized carbons (Fsp3) is 0.417. The molecule has 1 aliphatic heterocycles. The summed E-state index contributed by atoms with van der Waals surface area (Å²) in [7, 11) is 1.35. The Hall–Kier alpha value is -1.90. The van der Waals surface area contributed by atoms with Gasteiger partial charge in [0.2, 0.25) is 0 Å². The van der Waals surface area contributed by atoms with Crippen molar-refractivity contribution in [1.29, 1.82) is 0 Å². The van der Waals surface area contributed by atoms with Gasteiger partial charge in [-0.1, -0.05) is 0 Å². The number of carbonyl (C=O) groups excluding carboxylic acids is 1. The molecule has 0 spiro atoms. The van der Waals surface area contributed by atoms with E-state index in [9.17, 15) is 14.9 Å². The quantitative estimate of drug-likeness (QED) is 0.633. The van der Waals surface area contributed by atoms with Crippen LogP contribution in [0.5, 0.6) is 5.75 Å². The number of anilines is 1. The van der Waals surface area contributed by atoms with E-state index in [0.717, 1.165) is 0 Å². The number of rotatable bonds is 4. The van der Waals surface area contributed by atoms with Gasteiger partial charge < -0.3 is 20.1 Å².